The summed E-state index contributed by atoms with van der Waals surface area (Å²) in [5.74, 6) is 1.86. The maximum atomic E-state index is 5.99. The third kappa shape index (κ3) is 12.3. The van der Waals surface area contributed by atoms with Gasteiger partial charge in [-0.15, -0.1) is 0 Å². The lowest BCUT2D eigenvalue weighted by Gasteiger charge is -2.27. The fourth-order valence-corrected chi connectivity index (χ4v) is 5.81. The fourth-order valence-electron chi connectivity index (χ4n) is 5.81. The van der Waals surface area contributed by atoms with Crippen molar-refractivity contribution >= 4 is 0 Å². The van der Waals surface area contributed by atoms with E-state index in [9.17, 15) is 0 Å². The minimum absolute atomic E-state index is 0.242. The number of ether oxygens (including phenoxy) is 4. The van der Waals surface area contributed by atoms with Crippen molar-refractivity contribution in [1.82, 2.24) is 14.7 Å². The molecule has 0 unspecified atom stereocenters. The highest BCUT2D eigenvalue weighted by Crippen LogP contribution is 2.23. The van der Waals surface area contributed by atoms with Gasteiger partial charge in [-0.1, -0.05) is 68.4 Å². The van der Waals surface area contributed by atoms with Crippen LogP contribution in [0.25, 0.3) is 0 Å². The summed E-state index contributed by atoms with van der Waals surface area (Å²) in [5.41, 5.74) is 12.4. The lowest BCUT2D eigenvalue weighted by Crippen LogP contribution is -2.35. The van der Waals surface area contributed by atoms with E-state index in [1.54, 1.807) is 14.2 Å². The van der Waals surface area contributed by atoms with E-state index in [0.717, 1.165) is 83.2 Å². The van der Waals surface area contributed by atoms with Gasteiger partial charge in [-0.2, -0.15) is 0 Å². The second kappa shape index (κ2) is 21.7. The number of hydrogen-bond acceptors (Lipinski definition) is 8. The Morgan fingerprint density at radius 2 is 1.13 bits per heavy atom. The van der Waals surface area contributed by atoms with Gasteiger partial charge in [-0.25, -0.2) is 0 Å². The van der Waals surface area contributed by atoms with E-state index in [2.05, 4.69) is 69.3 Å². The van der Waals surface area contributed by atoms with Crippen LogP contribution in [-0.4, -0.2) is 94.7 Å². The van der Waals surface area contributed by atoms with Crippen LogP contribution in [0.2, 0.25) is 0 Å². The zero-order valence-electron chi connectivity index (χ0n) is 29.0. The lowest BCUT2D eigenvalue weighted by atomic mass is 9.99. The molecule has 3 aromatic carbocycles. The van der Waals surface area contributed by atoms with Crippen molar-refractivity contribution in [3.63, 3.8) is 0 Å². The molecular formula is C38H58N4O4. The normalized spacial score (nSPS) is 14.9. The van der Waals surface area contributed by atoms with Crippen LogP contribution in [-0.2, 0) is 41.9 Å². The van der Waals surface area contributed by atoms with E-state index in [-0.39, 0.29) is 6.79 Å². The number of benzene rings is 3. The van der Waals surface area contributed by atoms with Crippen LogP contribution in [0.4, 0.5) is 0 Å². The van der Waals surface area contributed by atoms with Gasteiger partial charge in [0.2, 0.25) is 0 Å². The van der Waals surface area contributed by atoms with Gasteiger partial charge < -0.3 is 24.7 Å². The molecule has 46 heavy (non-hydrogen) atoms. The van der Waals surface area contributed by atoms with Crippen LogP contribution in [0, 0.1) is 0 Å². The Morgan fingerprint density at radius 3 is 1.63 bits per heavy atom. The molecule has 0 atom stereocenters. The third-order valence-corrected chi connectivity index (χ3v) is 8.24. The number of para-hydroxylation sites is 2. The average Bonchev–Trinajstić information content (AvgIpc) is 3.17. The van der Waals surface area contributed by atoms with Crippen LogP contribution in [0.1, 0.15) is 48.6 Å². The molecule has 4 rings (SSSR count). The molecule has 0 aromatic heterocycles. The first-order chi connectivity index (χ1) is 22.6. The summed E-state index contributed by atoms with van der Waals surface area (Å²) < 4.78 is 22.6. The molecular weight excluding hydrogens is 576 g/mol. The predicted octanol–water partition coefficient (Wildman–Crippen LogP) is 5.60. The number of rotatable bonds is 16. The first-order valence-corrected chi connectivity index (χ1v) is 17.0. The zero-order valence-corrected chi connectivity index (χ0v) is 29.0. The van der Waals surface area contributed by atoms with Crippen LogP contribution in [0.3, 0.4) is 0 Å². The SMILES string of the molecule is CC.CCOc1ccccc1CN1CCN(Cc2cc(CCN)ccc2CCOC)CCN(Cc2ccccc2OCOC)CC1. The number of hydrogen-bond donors (Lipinski definition) is 1. The summed E-state index contributed by atoms with van der Waals surface area (Å²) in [4.78, 5) is 7.75. The second-order valence-electron chi connectivity index (χ2n) is 11.4. The largest absolute Gasteiger partial charge is 0.494 e. The minimum Gasteiger partial charge on any atom is -0.494 e. The zero-order chi connectivity index (χ0) is 33.0. The molecule has 1 aliphatic heterocycles. The number of nitrogens with two attached hydrogens (primary N) is 1. The van der Waals surface area contributed by atoms with E-state index >= 15 is 0 Å². The van der Waals surface area contributed by atoms with Crippen molar-refractivity contribution in [1.29, 1.82) is 0 Å². The smallest absolute Gasteiger partial charge is 0.188 e. The van der Waals surface area contributed by atoms with Crippen molar-refractivity contribution in [2.45, 2.75) is 53.2 Å². The third-order valence-electron chi connectivity index (χ3n) is 8.24. The van der Waals surface area contributed by atoms with Crippen LogP contribution >= 0.6 is 0 Å². The molecule has 254 valence electrons. The maximum Gasteiger partial charge on any atom is 0.188 e. The van der Waals surface area contributed by atoms with Gasteiger partial charge >= 0.3 is 0 Å². The van der Waals surface area contributed by atoms with E-state index in [1.807, 2.05) is 32.9 Å². The average molecular weight is 635 g/mol. The van der Waals surface area contributed by atoms with Crippen LogP contribution < -0.4 is 15.2 Å². The summed E-state index contributed by atoms with van der Waals surface area (Å²) in [6, 6.07) is 23.6. The summed E-state index contributed by atoms with van der Waals surface area (Å²) in [6.45, 7) is 16.8. The Morgan fingerprint density at radius 1 is 0.609 bits per heavy atom. The van der Waals surface area contributed by atoms with Gasteiger partial charge in [-0.05, 0) is 55.1 Å². The Bertz CT molecular complexity index is 1260. The van der Waals surface area contributed by atoms with Gasteiger partial charge in [0.1, 0.15) is 11.5 Å². The van der Waals surface area contributed by atoms with Crippen molar-refractivity contribution in [3.8, 4) is 11.5 Å². The fraction of sp³-hybridized carbons (Fsp3) is 0.526. The first kappa shape index (κ1) is 37.5. The molecule has 1 heterocycles. The lowest BCUT2D eigenvalue weighted by molar-refractivity contribution is 0.0497. The molecule has 0 bridgehead atoms. The van der Waals surface area contributed by atoms with Crippen LogP contribution in [0.15, 0.2) is 66.7 Å². The van der Waals surface area contributed by atoms with E-state index in [4.69, 9.17) is 24.7 Å². The van der Waals surface area contributed by atoms with Crippen molar-refractivity contribution in [2.75, 3.05) is 80.0 Å². The summed E-state index contributed by atoms with van der Waals surface area (Å²) in [5, 5.41) is 0. The first-order valence-electron chi connectivity index (χ1n) is 17.0. The molecule has 0 aliphatic carbocycles. The second-order valence-corrected chi connectivity index (χ2v) is 11.4. The standard InChI is InChI=1S/C36H52N4O4.C2H6/c1-4-43-35-11-7-5-9-32(35)26-38-18-19-39(27-33-10-6-8-12-36(33)44-29-42-3)21-23-40(22-20-38)28-34-25-30(15-17-37)13-14-31(34)16-24-41-2;1-2/h5-14,25H,4,15-24,26-29,37H2,1-3H3;1-2H3. The Balaban J connectivity index is 0.00000282. The Labute approximate surface area is 278 Å². The van der Waals surface area contributed by atoms with Crippen molar-refractivity contribution in [2.24, 2.45) is 5.73 Å². The van der Waals surface area contributed by atoms with E-state index in [1.165, 1.54) is 27.8 Å². The number of methoxy groups -OCH3 is 2. The molecule has 1 fully saturated rings. The summed E-state index contributed by atoms with van der Waals surface area (Å²) >= 11 is 0. The molecule has 1 aliphatic rings. The molecule has 0 radical (unpaired) electrons. The van der Waals surface area contributed by atoms with Gasteiger partial charge in [0, 0.05) is 84.2 Å². The summed E-state index contributed by atoms with van der Waals surface area (Å²) in [7, 11) is 3.43. The minimum atomic E-state index is 0.242. The van der Waals surface area contributed by atoms with Gasteiger partial charge in [0.15, 0.2) is 6.79 Å². The van der Waals surface area contributed by atoms with Gasteiger partial charge in [0.05, 0.1) is 13.2 Å². The highest BCUT2D eigenvalue weighted by Gasteiger charge is 2.20. The monoisotopic (exact) mass is 634 g/mol. The predicted molar refractivity (Wildman–Crippen MR) is 189 cm³/mol. The molecule has 1 saturated heterocycles. The number of nitrogens with zero attached hydrogens (tertiary/aromatic N) is 3. The van der Waals surface area contributed by atoms with Gasteiger partial charge in [-0.3, -0.25) is 14.7 Å². The molecule has 0 spiro atoms. The summed E-state index contributed by atoms with van der Waals surface area (Å²) in [6.07, 6.45) is 1.80. The van der Waals surface area contributed by atoms with Gasteiger partial charge in [0.25, 0.3) is 0 Å². The van der Waals surface area contributed by atoms with Crippen molar-refractivity contribution < 1.29 is 18.9 Å². The molecule has 0 saturated carbocycles. The Kier molecular flexibility index (Phi) is 17.7. The quantitative estimate of drug-likeness (QED) is 0.204. The van der Waals surface area contributed by atoms with E-state index in [0.29, 0.717) is 19.8 Å². The topological polar surface area (TPSA) is 72.7 Å². The highest BCUT2D eigenvalue weighted by atomic mass is 16.7. The maximum absolute atomic E-state index is 5.99. The Hall–Kier alpha value is -2.98. The molecule has 3 aromatic rings. The van der Waals surface area contributed by atoms with E-state index < -0.39 is 0 Å². The van der Waals surface area contributed by atoms with Crippen molar-refractivity contribution in [3.05, 3.63) is 94.5 Å². The highest BCUT2D eigenvalue weighted by molar-refractivity contribution is 5.35. The molecule has 2 N–H and O–H groups in total. The molecule has 8 nitrogen and oxygen atoms in total. The molecule has 8 heteroatoms. The van der Waals surface area contributed by atoms with Crippen LogP contribution in [0.5, 0.6) is 11.5 Å². The molecule has 0 amide bonds.